The van der Waals surface area contributed by atoms with Gasteiger partial charge in [-0.2, -0.15) is 13.2 Å². The highest BCUT2D eigenvalue weighted by Gasteiger charge is 2.30. The molecular formula is C19H17F3N6O. The maximum absolute atomic E-state index is 13.1. The molecule has 0 spiro atoms. The van der Waals surface area contributed by atoms with Crippen LogP contribution in [0.4, 0.5) is 23.7 Å². The third kappa shape index (κ3) is 3.26. The van der Waals surface area contributed by atoms with Gasteiger partial charge < -0.3 is 15.6 Å². The Kier molecular flexibility index (Phi) is 4.21. The second-order valence-electron chi connectivity index (χ2n) is 6.79. The number of nitrogens with zero attached hydrogens (tertiary/aromatic N) is 4. The minimum absolute atomic E-state index is 0.224. The van der Waals surface area contributed by atoms with E-state index in [0.29, 0.717) is 28.2 Å². The number of nitrogens with one attached hydrogen (secondary N) is 1. The van der Waals surface area contributed by atoms with Crippen LogP contribution in [0.2, 0.25) is 0 Å². The fourth-order valence-electron chi connectivity index (χ4n) is 3.50. The number of halogens is 3. The summed E-state index contributed by atoms with van der Waals surface area (Å²) in [7, 11) is 0. The first-order valence-electron chi connectivity index (χ1n) is 8.72. The number of rotatable bonds is 3. The van der Waals surface area contributed by atoms with Crippen molar-refractivity contribution in [3.05, 3.63) is 59.0 Å². The van der Waals surface area contributed by atoms with Gasteiger partial charge in [-0.25, -0.2) is 4.79 Å². The largest absolute Gasteiger partial charge is 0.416 e. The quantitative estimate of drug-likeness (QED) is 0.545. The van der Waals surface area contributed by atoms with Crippen LogP contribution in [0.25, 0.3) is 16.7 Å². The van der Waals surface area contributed by atoms with Crippen molar-refractivity contribution in [1.29, 1.82) is 0 Å². The Morgan fingerprint density at radius 3 is 2.59 bits per heavy atom. The molecule has 4 aromatic rings. The lowest BCUT2D eigenvalue weighted by molar-refractivity contribution is -0.137. The summed E-state index contributed by atoms with van der Waals surface area (Å²) in [6, 6.07) is 8.07. The number of carbonyl (C=O) groups is 1. The van der Waals surface area contributed by atoms with Crippen molar-refractivity contribution in [2.45, 2.75) is 26.6 Å². The van der Waals surface area contributed by atoms with Crippen LogP contribution < -0.4 is 11.1 Å². The molecule has 0 unspecified atom stereocenters. The molecule has 0 bridgehead atoms. The molecule has 0 aliphatic heterocycles. The number of aromatic nitrogens is 4. The third-order valence-corrected chi connectivity index (χ3v) is 4.77. The highest BCUT2D eigenvalue weighted by molar-refractivity contribution is 5.96. The van der Waals surface area contributed by atoms with Crippen LogP contribution >= 0.6 is 0 Å². The number of anilines is 1. The number of fused-ring (bicyclic) bond motifs is 3. The molecule has 0 saturated heterocycles. The second kappa shape index (κ2) is 6.50. The minimum Gasteiger partial charge on any atom is -0.351 e. The Balaban J connectivity index is 1.90. The maximum Gasteiger partial charge on any atom is 0.416 e. The average molecular weight is 402 g/mol. The van der Waals surface area contributed by atoms with Gasteiger partial charge in [0.15, 0.2) is 5.65 Å². The molecule has 7 nitrogen and oxygen atoms in total. The van der Waals surface area contributed by atoms with Gasteiger partial charge in [-0.3, -0.25) is 4.40 Å². The van der Waals surface area contributed by atoms with Gasteiger partial charge in [-0.1, -0.05) is 12.1 Å². The molecule has 4 rings (SSSR count). The highest BCUT2D eigenvalue weighted by atomic mass is 19.4. The number of hydrogen-bond acceptors (Lipinski definition) is 3. The van der Waals surface area contributed by atoms with E-state index < -0.39 is 17.8 Å². The number of primary amides is 1. The fourth-order valence-corrected chi connectivity index (χ4v) is 3.50. The normalized spacial score (nSPS) is 12.0. The summed E-state index contributed by atoms with van der Waals surface area (Å²) in [5.74, 6) is 0.606. The lowest BCUT2D eigenvalue weighted by Gasteiger charge is -2.13. The van der Waals surface area contributed by atoms with Crippen LogP contribution in [0, 0.1) is 13.8 Å². The molecule has 3 heterocycles. The summed E-state index contributed by atoms with van der Waals surface area (Å²) in [6.45, 7) is 3.86. The third-order valence-electron chi connectivity index (χ3n) is 4.77. The first-order valence-corrected chi connectivity index (χ1v) is 8.72. The van der Waals surface area contributed by atoms with Crippen molar-refractivity contribution >= 4 is 28.4 Å². The van der Waals surface area contributed by atoms with Gasteiger partial charge in [-0.05, 0) is 43.7 Å². The molecule has 1 aromatic carbocycles. The Hall–Kier alpha value is -3.56. The summed E-state index contributed by atoms with van der Waals surface area (Å²) in [6.07, 6.45) is -4.41. The van der Waals surface area contributed by atoms with Crippen LogP contribution in [-0.2, 0) is 12.7 Å². The number of nitrogens with two attached hydrogens (primary N) is 1. The molecule has 2 amide bonds. The number of pyridine rings is 1. The van der Waals surface area contributed by atoms with Crippen LogP contribution in [0.15, 0.2) is 36.4 Å². The van der Waals surface area contributed by atoms with Gasteiger partial charge in [0.25, 0.3) is 0 Å². The molecule has 0 aliphatic rings. The predicted octanol–water partition coefficient (Wildman–Crippen LogP) is 3.86. The van der Waals surface area contributed by atoms with Gasteiger partial charge in [0, 0.05) is 12.2 Å². The zero-order valence-corrected chi connectivity index (χ0v) is 15.6. The molecular weight excluding hydrogens is 385 g/mol. The van der Waals surface area contributed by atoms with Gasteiger partial charge in [0.2, 0.25) is 0 Å². The van der Waals surface area contributed by atoms with Crippen LogP contribution in [0.5, 0.6) is 0 Å². The van der Waals surface area contributed by atoms with E-state index in [2.05, 4.69) is 15.5 Å². The van der Waals surface area contributed by atoms with Crippen LogP contribution in [0.3, 0.4) is 0 Å². The predicted molar refractivity (Wildman–Crippen MR) is 102 cm³/mol. The van der Waals surface area contributed by atoms with Crippen molar-refractivity contribution < 1.29 is 18.0 Å². The van der Waals surface area contributed by atoms with Crippen molar-refractivity contribution in [1.82, 2.24) is 19.2 Å². The Bertz CT molecular complexity index is 1250. The van der Waals surface area contributed by atoms with E-state index >= 15 is 0 Å². The Morgan fingerprint density at radius 2 is 1.90 bits per heavy atom. The number of amides is 2. The van der Waals surface area contributed by atoms with Crippen molar-refractivity contribution in [3.63, 3.8) is 0 Å². The molecule has 0 fully saturated rings. The first kappa shape index (κ1) is 18.8. The van der Waals surface area contributed by atoms with Gasteiger partial charge in [-0.15, -0.1) is 10.2 Å². The number of benzene rings is 1. The average Bonchev–Trinajstić information content (AvgIpc) is 3.16. The summed E-state index contributed by atoms with van der Waals surface area (Å²) in [4.78, 5) is 11.4. The molecule has 0 radical (unpaired) electrons. The number of carbonyl (C=O) groups excluding carboxylic acids is 1. The molecule has 29 heavy (non-hydrogen) atoms. The maximum atomic E-state index is 13.1. The van der Waals surface area contributed by atoms with Crippen molar-refractivity contribution in [2.75, 3.05) is 5.32 Å². The monoisotopic (exact) mass is 402 g/mol. The van der Waals surface area contributed by atoms with E-state index in [1.807, 2.05) is 17.6 Å². The zero-order chi connectivity index (χ0) is 20.9. The summed E-state index contributed by atoms with van der Waals surface area (Å²) in [5, 5.41) is 10.7. The lowest BCUT2D eigenvalue weighted by Crippen LogP contribution is -2.20. The Morgan fingerprint density at radius 1 is 1.14 bits per heavy atom. The first-order chi connectivity index (χ1) is 13.6. The molecule has 0 atom stereocenters. The molecule has 3 aromatic heterocycles. The fraction of sp³-hybridized carbons (Fsp3) is 0.211. The smallest absolute Gasteiger partial charge is 0.351 e. The number of aryl methyl sites for hydroxylation is 2. The van der Waals surface area contributed by atoms with E-state index in [-0.39, 0.29) is 6.54 Å². The van der Waals surface area contributed by atoms with Gasteiger partial charge >= 0.3 is 12.2 Å². The van der Waals surface area contributed by atoms with E-state index in [9.17, 15) is 18.0 Å². The minimum atomic E-state index is -4.41. The summed E-state index contributed by atoms with van der Waals surface area (Å²) < 4.78 is 42.8. The number of hydrogen-bond donors (Lipinski definition) is 2. The van der Waals surface area contributed by atoms with Crippen LogP contribution in [-0.4, -0.2) is 25.2 Å². The second-order valence-corrected chi connectivity index (χ2v) is 6.79. The SMILES string of the molecule is Cc1cc2c(cc(NC(N)=O)c3nnc(C)n32)n1Cc1cccc(C(F)(F)F)c1. The van der Waals surface area contributed by atoms with E-state index in [0.717, 1.165) is 23.3 Å². The molecule has 0 saturated carbocycles. The van der Waals surface area contributed by atoms with Gasteiger partial charge in [0.1, 0.15) is 5.82 Å². The van der Waals surface area contributed by atoms with Crippen LogP contribution in [0.1, 0.15) is 22.6 Å². The van der Waals surface area contributed by atoms with Gasteiger partial charge in [0.05, 0.1) is 22.3 Å². The molecule has 10 heteroatoms. The topological polar surface area (TPSA) is 90.2 Å². The standard InChI is InChI=1S/C19H17F3N6O/c1-10-6-16-15(8-14(24-18(23)29)17-26-25-11(2)28(16)17)27(10)9-12-4-3-5-13(7-12)19(20,21)22/h3-8H,9H2,1-2H3,(H3,23,24,29). The Labute approximate surface area is 162 Å². The molecule has 150 valence electrons. The summed E-state index contributed by atoms with van der Waals surface area (Å²) >= 11 is 0. The summed E-state index contributed by atoms with van der Waals surface area (Å²) in [5.41, 5.74) is 8.21. The van der Waals surface area contributed by atoms with E-state index in [1.54, 1.807) is 23.5 Å². The van der Waals surface area contributed by atoms with E-state index in [1.165, 1.54) is 6.07 Å². The zero-order valence-electron chi connectivity index (χ0n) is 15.6. The molecule has 0 aliphatic carbocycles. The lowest BCUT2D eigenvalue weighted by atomic mass is 10.1. The van der Waals surface area contributed by atoms with Crippen molar-refractivity contribution in [2.24, 2.45) is 5.73 Å². The van der Waals surface area contributed by atoms with E-state index in [4.69, 9.17) is 5.73 Å². The highest BCUT2D eigenvalue weighted by Crippen LogP contribution is 2.31. The van der Waals surface area contributed by atoms with Crippen molar-refractivity contribution in [3.8, 4) is 0 Å². The number of urea groups is 1. The number of alkyl halides is 3. The molecule has 3 N–H and O–H groups in total.